The number of hydrogen-bond donors (Lipinski definition) is 2. The van der Waals surface area contributed by atoms with Crippen molar-refractivity contribution in [1.82, 2.24) is 0 Å². The first-order valence-electron chi connectivity index (χ1n) is 6.86. The van der Waals surface area contributed by atoms with Gasteiger partial charge in [-0.3, -0.25) is 0 Å². The Morgan fingerprint density at radius 2 is 1.23 bits per heavy atom. The first-order valence-corrected chi connectivity index (χ1v) is 6.86. The highest BCUT2D eigenvalue weighted by atomic mass is 16.6. The summed E-state index contributed by atoms with van der Waals surface area (Å²) in [5, 5.41) is 30.4. The number of phenolic OH excluding ortho intramolecular Hbond substituents is 2. The fraction of sp³-hybridized carbons (Fsp3) is 0.250. The topological polar surface area (TPSA) is 83.6 Å². The molecule has 1 aliphatic rings. The summed E-state index contributed by atoms with van der Waals surface area (Å²) in [6, 6.07) is 7.09. The number of nitrogens with zero attached hydrogens (tertiary/aromatic N) is 2. The zero-order valence-electron chi connectivity index (χ0n) is 12.3. The minimum absolute atomic E-state index is 0.0581. The summed E-state index contributed by atoms with van der Waals surface area (Å²) in [7, 11) is 2.90. The van der Waals surface area contributed by atoms with Gasteiger partial charge >= 0.3 is 0 Å². The third-order valence-corrected chi connectivity index (χ3v) is 3.74. The van der Waals surface area contributed by atoms with Crippen LogP contribution in [0.4, 0.5) is 0 Å². The van der Waals surface area contributed by atoms with Crippen LogP contribution in [0.15, 0.2) is 34.6 Å². The van der Waals surface area contributed by atoms with Gasteiger partial charge in [-0.05, 0) is 12.8 Å². The molecular weight excluding hydrogens is 284 g/mol. The molecule has 2 aromatic rings. The second-order valence-electron chi connectivity index (χ2n) is 4.93. The van der Waals surface area contributed by atoms with Crippen molar-refractivity contribution in [3.8, 4) is 11.5 Å². The molecule has 0 unspecified atom stereocenters. The van der Waals surface area contributed by atoms with E-state index >= 15 is 0 Å². The van der Waals surface area contributed by atoms with Crippen LogP contribution in [-0.2, 0) is 9.68 Å². The SMILES string of the molecule is CO/N=C1\CC/C(=N\OC)c2c1c(O)c1ccccc1c2O. The Hall–Kier alpha value is -2.76. The van der Waals surface area contributed by atoms with E-state index < -0.39 is 0 Å². The predicted molar refractivity (Wildman–Crippen MR) is 83.6 cm³/mol. The molecule has 3 rings (SSSR count). The lowest BCUT2D eigenvalue weighted by molar-refractivity contribution is 0.211. The van der Waals surface area contributed by atoms with Crippen LogP contribution >= 0.6 is 0 Å². The number of rotatable bonds is 2. The van der Waals surface area contributed by atoms with Gasteiger partial charge in [-0.15, -0.1) is 0 Å². The van der Waals surface area contributed by atoms with Gasteiger partial charge in [-0.1, -0.05) is 34.6 Å². The smallest absolute Gasteiger partial charge is 0.133 e. The van der Waals surface area contributed by atoms with Crippen molar-refractivity contribution in [1.29, 1.82) is 0 Å². The maximum atomic E-state index is 10.7. The molecule has 0 amide bonds. The Balaban J connectivity index is 2.44. The van der Waals surface area contributed by atoms with Crippen molar-refractivity contribution in [3.63, 3.8) is 0 Å². The molecule has 1 aliphatic carbocycles. The van der Waals surface area contributed by atoms with Crippen LogP contribution in [0.5, 0.6) is 11.5 Å². The molecule has 0 saturated heterocycles. The first-order chi connectivity index (χ1) is 10.7. The van der Waals surface area contributed by atoms with Crippen molar-refractivity contribution in [2.75, 3.05) is 14.2 Å². The zero-order chi connectivity index (χ0) is 15.7. The summed E-state index contributed by atoms with van der Waals surface area (Å²) in [5.41, 5.74) is 2.04. The number of oxime groups is 2. The largest absolute Gasteiger partial charge is 0.507 e. The summed E-state index contributed by atoms with van der Waals surface area (Å²) < 4.78 is 0. The molecular formula is C16H16N2O4. The molecule has 0 spiro atoms. The van der Waals surface area contributed by atoms with E-state index in [-0.39, 0.29) is 11.5 Å². The first kappa shape index (κ1) is 14.2. The summed E-state index contributed by atoms with van der Waals surface area (Å²) in [5.74, 6) is 0.116. The van der Waals surface area contributed by atoms with E-state index in [9.17, 15) is 10.2 Å². The lowest BCUT2D eigenvalue weighted by Gasteiger charge is -2.22. The Labute approximate surface area is 127 Å². The van der Waals surface area contributed by atoms with Crippen LogP contribution < -0.4 is 0 Å². The molecule has 0 radical (unpaired) electrons. The molecule has 6 heteroatoms. The van der Waals surface area contributed by atoms with E-state index in [1.807, 2.05) is 0 Å². The second kappa shape index (κ2) is 5.55. The molecule has 6 nitrogen and oxygen atoms in total. The average Bonchev–Trinajstić information content (AvgIpc) is 2.54. The van der Waals surface area contributed by atoms with Crippen molar-refractivity contribution in [3.05, 3.63) is 35.4 Å². The molecule has 2 aromatic carbocycles. The molecule has 0 heterocycles. The van der Waals surface area contributed by atoms with Crippen LogP contribution in [0.25, 0.3) is 10.8 Å². The van der Waals surface area contributed by atoms with Crippen LogP contribution in [0.1, 0.15) is 24.0 Å². The normalized spacial score (nSPS) is 17.7. The van der Waals surface area contributed by atoms with Crippen molar-refractivity contribution in [2.45, 2.75) is 12.8 Å². The van der Waals surface area contributed by atoms with E-state index in [1.165, 1.54) is 14.2 Å². The van der Waals surface area contributed by atoms with Crippen molar-refractivity contribution >= 4 is 22.2 Å². The summed E-state index contributed by atoms with van der Waals surface area (Å²) >= 11 is 0. The standard InChI is InChI=1S/C16H16N2O4/c1-21-17-11-7-8-12(18-22-2)14-13(11)15(19)9-5-3-4-6-10(9)16(14)20/h3-6,19-20H,7-8H2,1-2H3/b17-11+,18-12+. The number of aromatic hydroxyl groups is 2. The summed E-state index contributed by atoms with van der Waals surface area (Å²) in [4.78, 5) is 9.73. The Bertz CT molecular complexity index is 730. The Kier molecular flexibility index (Phi) is 3.58. The van der Waals surface area contributed by atoms with Crippen molar-refractivity contribution in [2.24, 2.45) is 10.3 Å². The minimum Gasteiger partial charge on any atom is -0.507 e. The molecule has 0 atom stereocenters. The van der Waals surface area contributed by atoms with Gasteiger partial charge in [0.25, 0.3) is 0 Å². The molecule has 0 bridgehead atoms. The van der Waals surface area contributed by atoms with Gasteiger partial charge < -0.3 is 19.9 Å². The summed E-state index contributed by atoms with van der Waals surface area (Å²) in [6.45, 7) is 0. The molecule has 0 saturated carbocycles. The highest BCUT2D eigenvalue weighted by Gasteiger charge is 2.30. The number of phenols is 2. The van der Waals surface area contributed by atoms with Gasteiger partial charge in [-0.25, -0.2) is 0 Å². The van der Waals surface area contributed by atoms with Gasteiger partial charge in [0.2, 0.25) is 0 Å². The Morgan fingerprint density at radius 1 is 0.818 bits per heavy atom. The lowest BCUT2D eigenvalue weighted by Crippen LogP contribution is -2.19. The van der Waals surface area contributed by atoms with E-state index in [0.717, 1.165) is 0 Å². The second-order valence-corrected chi connectivity index (χ2v) is 4.93. The van der Waals surface area contributed by atoms with E-state index in [1.54, 1.807) is 24.3 Å². The fourth-order valence-corrected chi connectivity index (χ4v) is 2.85. The number of benzene rings is 2. The fourth-order valence-electron chi connectivity index (χ4n) is 2.85. The van der Waals surface area contributed by atoms with E-state index in [0.29, 0.717) is 46.2 Å². The molecule has 114 valence electrons. The maximum Gasteiger partial charge on any atom is 0.133 e. The maximum absolute atomic E-state index is 10.7. The Morgan fingerprint density at radius 3 is 1.59 bits per heavy atom. The summed E-state index contributed by atoms with van der Waals surface area (Å²) in [6.07, 6.45) is 1.07. The van der Waals surface area contributed by atoms with Gasteiger partial charge in [0, 0.05) is 10.8 Å². The van der Waals surface area contributed by atoms with Crippen LogP contribution in [0.2, 0.25) is 0 Å². The van der Waals surface area contributed by atoms with Gasteiger partial charge in [0.05, 0.1) is 22.6 Å². The van der Waals surface area contributed by atoms with Gasteiger partial charge in [0.1, 0.15) is 25.7 Å². The third-order valence-electron chi connectivity index (χ3n) is 3.74. The molecule has 0 aliphatic heterocycles. The number of hydrogen-bond acceptors (Lipinski definition) is 6. The zero-order valence-corrected chi connectivity index (χ0v) is 12.3. The van der Waals surface area contributed by atoms with Crippen LogP contribution in [0.3, 0.4) is 0 Å². The third kappa shape index (κ3) is 2.04. The lowest BCUT2D eigenvalue weighted by atomic mass is 9.84. The van der Waals surface area contributed by atoms with E-state index in [2.05, 4.69) is 10.3 Å². The highest BCUT2D eigenvalue weighted by molar-refractivity contribution is 6.23. The molecule has 22 heavy (non-hydrogen) atoms. The highest BCUT2D eigenvalue weighted by Crippen LogP contribution is 2.43. The molecule has 0 aromatic heterocycles. The van der Waals surface area contributed by atoms with Crippen molar-refractivity contribution < 1.29 is 19.9 Å². The quantitative estimate of drug-likeness (QED) is 0.660. The molecule has 0 fully saturated rings. The van der Waals surface area contributed by atoms with Crippen LogP contribution in [-0.4, -0.2) is 35.9 Å². The van der Waals surface area contributed by atoms with Gasteiger partial charge in [-0.2, -0.15) is 0 Å². The molecule has 2 N–H and O–H groups in total. The minimum atomic E-state index is 0.0581. The van der Waals surface area contributed by atoms with Crippen LogP contribution in [0, 0.1) is 0 Å². The predicted octanol–water partition coefficient (Wildman–Crippen LogP) is 2.75. The van der Waals surface area contributed by atoms with E-state index in [4.69, 9.17) is 9.68 Å². The number of fused-ring (bicyclic) bond motifs is 2. The van der Waals surface area contributed by atoms with Gasteiger partial charge in [0.15, 0.2) is 0 Å². The average molecular weight is 300 g/mol. The monoisotopic (exact) mass is 300 g/mol.